The summed E-state index contributed by atoms with van der Waals surface area (Å²) in [5.41, 5.74) is 3.10. The van der Waals surface area contributed by atoms with Gasteiger partial charge in [-0.2, -0.15) is 5.10 Å². The minimum absolute atomic E-state index is 0.365. The normalized spacial score (nSPS) is 17.6. The van der Waals surface area contributed by atoms with E-state index < -0.39 is 0 Å². The van der Waals surface area contributed by atoms with E-state index in [1.54, 1.807) is 18.4 Å². The van der Waals surface area contributed by atoms with Gasteiger partial charge in [0.2, 0.25) is 0 Å². The first kappa shape index (κ1) is 18.3. The summed E-state index contributed by atoms with van der Waals surface area (Å²) >= 11 is 1.72. The summed E-state index contributed by atoms with van der Waals surface area (Å²) in [6.07, 6.45) is 6.23. The van der Waals surface area contributed by atoms with Crippen LogP contribution in [0.5, 0.6) is 5.75 Å². The maximum absolute atomic E-state index is 5.35. The SMILES string of the molecule is COc1cccc(-c2ccc3nc([C@H]4CCCN(Cc5nccs5)C4)nn3c2)c1. The number of ether oxygens (including phenoxy) is 1. The minimum Gasteiger partial charge on any atom is -0.497 e. The number of likely N-dealkylation sites (tertiary alicyclic amines) is 1. The predicted molar refractivity (Wildman–Crippen MR) is 114 cm³/mol. The number of benzene rings is 1. The molecule has 4 heterocycles. The molecule has 7 heteroatoms. The number of rotatable bonds is 5. The van der Waals surface area contributed by atoms with Crippen LogP contribution in [0, 0.1) is 0 Å². The molecule has 0 aliphatic carbocycles. The van der Waals surface area contributed by atoms with Gasteiger partial charge in [-0.25, -0.2) is 14.5 Å². The molecule has 0 bridgehead atoms. The van der Waals surface area contributed by atoms with E-state index in [1.807, 2.05) is 40.4 Å². The average Bonchev–Trinajstić information content (AvgIpc) is 3.43. The largest absolute Gasteiger partial charge is 0.497 e. The summed E-state index contributed by atoms with van der Waals surface area (Å²) in [4.78, 5) is 11.7. The second-order valence-corrected chi connectivity index (χ2v) is 8.40. The van der Waals surface area contributed by atoms with E-state index >= 15 is 0 Å². The Kier molecular flexibility index (Phi) is 4.99. The van der Waals surface area contributed by atoms with E-state index in [-0.39, 0.29) is 0 Å². The number of thiazole rings is 1. The summed E-state index contributed by atoms with van der Waals surface area (Å²) in [5.74, 6) is 2.16. The van der Waals surface area contributed by atoms with Crippen molar-refractivity contribution in [1.82, 2.24) is 24.5 Å². The molecule has 4 aromatic rings. The van der Waals surface area contributed by atoms with E-state index in [0.717, 1.165) is 54.4 Å². The molecule has 1 fully saturated rings. The Morgan fingerprint density at radius 2 is 2.17 bits per heavy atom. The van der Waals surface area contributed by atoms with Gasteiger partial charge in [0.25, 0.3) is 0 Å². The Balaban J connectivity index is 1.38. The summed E-state index contributed by atoms with van der Waals surface area (Å²) in [6.45, 7) is 3.02. The third-order valence-electron chi connectivity index (χ3n) is 5.46. The van der Waals surface area contributed by atoms with Crippen molar-refractivity contribution < 1.29 is 4.74 Å². The Morgan fingerprint density at radius 3 is 3.03 bits per heavy atom. The molecule has 3 aromatic heterocycles. The van der Waals surface area contributed by atoms with Gasteiger partial charge in [-0.05, 0) is 49.2 Å². The smallest absolute Gasteiger partial charge is 0.156 e. The van der Waals surface area contributed by atoms with Gasteiger partial charge < -0.3 is 4.74 Å². The molecule has 0 radical (unpaired) electrons. The van der Waals surface area contributed by atoms with Crippen LogP contribution in [0.1, 0.15) is 29.6 Å². The van der Waals surface area contributed by atoms with Crippen molar-refractivity contribution in [2.75, 3.05) is 20.2 Å². The molecule has 1 aromatic carbocycles. The fraction of sp³-hybridized carbons (Fsp3) is 0.318. The van der Waals surface area contributed by atoms with Crippen LogP contribution in [0.2, 0.25) is 0 Å². The number of nitrogens with zero attached hydrogens (tertiary/aromatic N) is 5. The Morgan fingerprint density at radius 1 is 1.21 bits per heavy atom. The first-order chi connectivity index (χ1) is 14.3. The molecule has 1 atom stereocenters. The lowest BCUT2D eigenvalue weighted by Gasteiger charge is -2.30. The number of hydrogen-bond acceptors (Lipinski definition) is 6. The Hall–Kier alpha value is -2.77. The maximum atomic E-state index is 5.35. The molecular weight excluding hydrogens is 382 g/mol. The van der Waals surface area contributed by atoms with Crippen LogP contribution in [0.15, 0.2) is 54.2 Å². The summed E-state index contributed by atoms with van der Waals surface area (Å²) < 4.78 is 7.26. The van der Waals surface area contributed by atoms with Gasteiger partial charge in [0.05, 0.1) is 13.7 Å². The van der Waals surface area contributed by atoms with E-state index in [1.165, 1.54) is 11.4 Å². The van der Waals surface area contributed by atoms with Gasteiger partial charge in [0.1, 0.15) is 10.8 Å². The van der Waals surface area contributed by atoms with Crippen LogP contribution in [-0.4, -0.2) is 44.7 Å². The van der Waals surface area contributed by atoms with Crippen LogP contribution < -0.4 is 4.74 Å². The second-order valence-electron chi connectivity index (χ2n) is 7.42. The second kappa shape index (κ2) is 7.93. The molecule has 148 valence electrons. The Bertz CT molecular complexity index is 1110. The zero-order chi connectivity index (χ0) is 19.6. The van der Waals surface area contributed by atoms with Crippen molar-refractivity contribution in [1.29, 1.82) is 0 Å². The zero-order valence-corrected chi connectivity index (χ0v) is 17.2. The predicted octanol–water partition coefficient (Wildman–Crippen LogP) is 4.24. The van der Waals surface area contributed by atoms with Gasteiger partial charge >= 0.3 is 0 Å². The number of aromatic nitrogens is 4. The standard InChI is InChI=1S/C22H23N5OS/c1-28-19-6-2-4-16(12-19)17-7-8-20-24-22(25-27(20)14-17)18-5-3-10-26(13-18)15-21-23-9-11-29-21/h2,4,6-9,11-12,14,18H,3,5,10,13,15H2,1H3/t18-/m0/s1. The van der Waals surface area contributed by atoms with Crippen molar-refractivity contribution in [2.24, 2.45) is 0 Å². The first-order valence-electron chi connectivity index (χ1n) is 9.90. The fourth-order valence-corrected chi connectivity index (χ4v) is 4.64. The number of pyridine rings is 1. The number of fused-ring (bicyclic) bond motifs is 1. The summed E-state index contributed by atoms with van der Waals surface area (Å²) in [7, 11) is 1.69. The van der Waals surface area contributed by atoms with E-state index in [2.05, 4.69) is 28.2 Å². The number of hydrogen-bond donors (Lipinski definition) is 0. The molecule has 0 N–H and O–H groups in total. The van der Waals surface area contributed by atoms with E-state index in [4.69, 9.17) is 14.8 Å². The zero-order valence-electron chi connectivity index (χ0n) is 16.4. The van der Waals surface area contributed by atoms with E-state index in [9.17, 15) is 0 Å². The van der Waals surface area contributed by atoms with Crippen LogP contribution >= 0.6 is 11.3 Å². The lowest BCUT2D eigenvalue weighted by molar-refractivity contribution is 0.196. The molecule has 6 nitrogen and oxygen atoms in total. The lowest BCUT2D eigenvalue weighted by Crippen LogP contribution is -2.34. The number of methoxy groups -OCH3 is 1. The van der Waals surface area contributed by atoms with Crippen molar-refractivity contribution in [3.8, 4) is 16.9 Å². The summed E-state index contributed by atoms with van der Waals surface area (Å²) in [6, 6.07) is 12.2. The highest BCUT2D eigenvalue weighted by Crippen LogP contribution is 2.28. The molecule has 1 saturated heterocycles. The third-order valence-corrected chi connectivity index (χ3v) is 6.23. The van der Waals surface area contributed by atoms with Crippen LogP contribution in [0.25, 0.3) is 16.8 Å². The van der Waals surface area contributed by atoms with Gasteiger partial charge in [0.15, 0.2) is 11.5 Å². The molecule has 1 aliphatic heterocycles. The van der Waals surface area contributed by atoms with Crippen LogP contribution in [-0.2, 0) is 6.54 Å². The van der Waals surface area contributed by atoms with Crippen LogP contribution in [0.3, 0.4) is 0 Å². The lowest BCUT2D eigenvalue weighted by atomic mass is 9.97. The monoisotopic (exact) mass is 405 g/mol. The van der Waals surface area contributed by atoms with Crippen molar-refractivity contribution in [3.05, 3.63) is 65.0 Å². The highest BCUT2D eigenvalue weighted by atomic mass is 32.1. The summed E-state index contributed by atoms with van der Waals surface area (Å²) in [5, 5.41) is 8.05. The molecule has 0 unspecified atom stereocenters. The third kappa shape index (κ3) is 3.88. The highest BCUT2D eigenvalue weighted by molar-refractivity contribution is 7.09. The van der Waals surface area contributed by atoms with Crippen LogP contribution in [0.4, 0.5) is 0 Å². The highest BCUT2D eigenvalue weighted by Gasteiger charge is 2.25. The molecule has 0 amide bonds. The molecule has 1 aliphatic rings. The first-order valence-corrected chi connectivity index (χ1v) is 10.8. The Labute approximate surface area is 173 Å². The quantitative estimate of drug-likeness (QED) is 0.497. The number of piperidine rings is 1. The topological polar surface area (TPSA) is 55.5 Å². The maximum Gasteiger partial charge on any atom is 0.156 e. The minimum atomic E-state index is 0.365. The average molecular weight is 406 g/mol. The van der Waals surface area contributed by atoms with Gasteiger partial charge in [-0.1, -0.05) is 12.1 Å². The van der Waals surface area contributed by atoms with Gasteiger partial charge in [0, 0.05) is 35.8 Å². The van der Waals surface area contributed by atoms with E-state index in [0.29, 0.717) is 5.92 Å². The van der Waals surface area contributed by atoms with Crippen molar-refractivity contribution in [2.45, 2.75) is 25.3 Å². The molecule has 29 heavy (non-hydrogen) atoms. The molecule has 5 rings (SSSR count). The fourth-order valence-electron chi connectivity index (χ4n) is 3.98. The van der Waals surface area contributed by atoms with Gasteiger partial charge in [-0.15, -0.1) is 11.3 Å². The molecule has 0 saturated carbocycles. The molecule has 0 spiro atoms. The van der Waals surface area contributed by atoms with Gasteiger partial charge in [-0.3, -0.25) is 4.90 Å². The van der Waals surface area contributed by atoms with Crippen molar-refractivity contribution >= 4 is 17.0 Å². The van der Waals surface area contributed by atoms with Crippen molar-refractivity contribution in [3.63, 3.8) is 0 Å². The molecular formula is C22H23N5OS.